The van der Waals surface area contributed by atoms with E-state index in [0.29, 0.717) is 17.2 Å². The fourth-order valence-electron chi connectivity index (χ4n) is 1.19. The number of pyridine rings is 1. The van der Waals surface area contributed by atoms with Gasteiger partial charge in [0.1, 0.15) is 5.75 Å². The van der Waals surface area contributed by atoms with Gasteiger partial charge in [-0.25, -0.2) is 4.98 Å². The Balaban J connectivity index is 2.22. The molecule has 0 N–H and O–H groups in total. The molecule has 0 spiro atoms. The highest BCUT2D eigenvalue weighted by molar-refractivity contribution is 9.11. The number of aldehydes is 1. The highest BCUT2D eigenvalue weighted by atomic mass is 79.9. The van der Waals surface area contributed by atoms with Crippen LogP contribution in [0.4, 0.5) is 0 Å². The second-order valence-corrected chi connectivity index (χ2v) is 4.99. The van der Waals surface area contributed by atoms with Gasteiger partial charge >= 0.3 is 0 Å². The molecule has 86 valence electrons. The van der Waals surface area contributed by atoms with E-state index in [0.717, 1.165) is 15.2 Å². The molecule has 0 amide bonds. The minimum atomic E-state index is 0.443. The number of carbonyl (C=O) groups is 1. The van der Waals surface area contributed by atoms with Gasteiger partial charge in [0.25, 0.3) is 0 Å². The predicted molar refractivity (Wildman–Crippen MR) is 71.5 cm³/mol. The molecule has 0 aliphatic rings. The number of nitrogens with zero attached hydrogens (tertiary/aromatic N) is 1. The zero-order chi connectivity index (χ0) is 12.3. The van der Waals surface area contributed by atoms with Gasteiger partial charge < -0.3 is 4.74 Å². The van der Waals surface area contributed by atoms with Gasteiger partial charge in [-0.3, -0.25) is 4.79 Å². The Hall–Kier alpha value is -1.20. The summed E-state index contributed by atoms with van der Waals surface area (Å²) in [6.45, 7) is 0. The van der Waals surface area contributed by atoms with E-state index >= 15 is 0 Å². The van der Waals surface area contributed by atoms with Crippen LogP contribution in [0.3, 0.4) is 0 Å². The Kier molecular flexibility index (Phi) is 3.91. The monoisotopic (exact) mass is 355 g/mol. The highest BCUT2D eigenvalue weighted by Gasteiger charge is 2.04. The van der Waals surface area contributed by atoms with E-state index < -0.39 is 0 Å². The Morgan fingerprint density at radius 3 is 2.59 bits per heavy atom. The van der Waals surface area contributed by atoms with Crippen molar-refractivity contribution >= 4 is 38.1 Å². The van der Waals surface area contributed by atoms with Crippen LogP contribution in [0.25, 0.3) is 0 Å². The van der Waals surface area contributed by atoms with Crippen LogP contribution in [-0.2, 0) is 0 Å². The summed E-state index contributed by atoms with van der Waals surface area (Å²) in [5, 5.41) is 0. The molecule has 2 rings (SSSR count). The van der Waals surface area contributed by atoms with Crippen LogP contribution in [-0.4, -0.2) is 11.3 Å². The number of rotatable bonds is 3. The first-order valence-electron chi connectivity index (χ1n) is 4.73. The molecule has 0 saturated carbocycles. The molecule has 0 bridgehead atoms. The number of hydrogen-bond donors (Lipinski definition) is 0. The van der Waals surface area contributed by atoms with Crippen LogP contribution in [0.5, 0.6) is 11.6 Å². The molecular weight excluding hydrogens is 350 g/mol. The highest BCUT2D eigenvalue weighted by Crippen LogP contribution is 2.31. The molecule has 1 aromatic heterocycles. The summed E-state index contributed by atoms with van der Waals surface area (Å²) < 4.78 is 7.36. The lowest BCUT2D eigenvalue weighted by atomic mass is 10.3. The fraction of sp³-hybridized carbons (Fsp3) is 0. The van der Waals surface area contributed by atoms with Gasteiger partial charge in [0, 0.05) is 22.3 Å². The summed E-state index contributed by atoms with van der Waals surface area (Å²) in [5.74, 6) is 1.11. The Bertz CT molecular complexity index is 541. The molecule has 0 unspecified atom stereocenters. The summed E-state index contributed by atoms with van der Waals surface area (Å²) in [5.41, 5.74) is 0.521. The van der Waals surface area contributed by atoms with E-state index in [-0.39, 0.29) is 0 Å². The molecule has 0 fully saturated rings. The number of halogens is 2. The minimum Gasteiger partial charge on any atom is -0.438 e. The fourth-order valence-corrected chi connectivity index (χ4v) is 2.32. The van der Waals surface area contributed by atoms with Gasteiger partial charge in [-0.2, -0.15) is 0 Å². The summed E-state index contributed by atoms with van der Waals surface area (Å²) >= 11 is 6.75. The molecule has 2 aromatic rings. The lowest BCUT2D eigenvalue weighted by Crippen LogP contribution is -1.90. The third-order valence-electron chi connectivity index (χ3n) is 2.00. The summed E-state index contributed by atoms with van der Waals surface area (Å²) in [6.07, 6.45) is 2.21. The third-order valence-corrected chi connectivity index (χ3v) is 3.12. The molecule has 1 heterocycles. The van der Waals surface area contributed by atoms with Crippen molar-refractivity contribution in [3.8, 4) is 11.6 Å². The van der Waals surface area contributed by atoms with E-state index in [1.165, 1.54) is 6.20 Å². The maximum atomic E-state index is 10.5. The average molecular weight is 357 g/mol. The molecule has 0 saturated heterocycles. The predicted octanol–water partition coefficient (Wildman–Crippen LogP) is 4.21. The van der Waals surface area contributed by atoms with Gasteiger partial charge in [-0.15, -0.1) is 0 Å². The summed E-state index contributed by atoms with van der Waals surface area (Å²) in [7, 11) is 0. The smallest absolute Gasteiger partial charge is 0.219 e. The van der Waals surface area contributed by atoms with E-state index in [9.17, 15) is 4.79 Å². The van der Waals surface area contributed by atoms with Crippen molar-refractivity contribution in [1.82, 2.24) is 4.98 Å². The SMILES string of the molecule is O=Cc1ccc(Oc2ccc(Br)cc2Br)nc1. The first-order chi connectivity index (χ1) is 8.19. The molecule has 1 aromatic carbocycles. The second kappa shape index (κ2) is 5.42. The molecule has 0 aliphatic heterocycles. The maximum Gasteiger partial charge on any atom is 0.219 e. The summed E-state index contributed by atoms with van der Waals surface area (Å²) in [6, 6.07) is 8.89. The number of hydrogen-bond acceptors (Lipinski definition) is 3. The van der Waals surface area contributed by atoms with E-state index in [4.69, 9.17) is 4.74 Å². The van der Waals surface area contributed by atoms with Gasteiger partial charge in [-0.1, -0.05) is 15.9 Å². The van der Waals surface area contributed by atoms with E-state index in [2.05, 4.69) is 36.8 Å². The molecule has 0 atom stereocenters. The second-order valence-electron chi connectivity index (χ2n) is 3.22. The standard InChI is InChI=1S/C12H7Br2NO2/c13-9-2-3-11(10(14)5-9)17-12-4-1-8(7-16)6-15-12/h1-7H. The average Bonchev–Trinajstić information content (AvgIpc) is 2.34. The van der Waals surface area contributed by atoms with Gasteiger partial charge in [-0.05, 0) is 40.2 Å². The number of aromatic nitrogens is 1. The van der Waals surface area contributed by atoms with Crippen LogP contribution in [0.15, 0.2) is 45.5 Å². The van der Waals surface area contributed by atoms with Crippen LogP contribution >= 0.6 is 31.9 Å². The topological polar surface area (TPSA) is 39.2 Å². The Labute approximate surface area is 115 Å². The molecule has 3 nitrogen and oxygen atoms in total. The first-order valence-corrected chi connectivity index (χ1v) is 6.32. The number of ether oxygens (including phenoxy) is 1. The number of carbonyl (C=O) groups excluding carboxylic acids is 1. The zero-order valence-corrected chi connectivity index (χ0v) is 11.7. The molecule has 5 heteroatoms. The van der Waals surface area contributed by atoms with Crippen LogP contribution in [0, 0.1) is 0 Å². The largest absolute Gasteiger partial charge is 0.438 e. The number of benzene rings is 1. The zero-order valence-electron chi connectivity index (χ0n) is 8.56. The third kappa shape index (κ3) is 3.14. The normalized spacial score (nSPS) is 10.0. The molecule has 17 heavy (non-hydrogen) atoms. The first kappa shape index (κ1) is 12.3. The maximum absolute atomic E-state index is 10.5. The van der Waals surface area contributed by atoms with Crippen molar-refractivity contribution in [2.45, 2.75) is 0 Å². The molecule has 0 aliphatic carbocycles. The molecule has 0 radical (unpaired) electrons. The lowest BCUT2D eigenvalue weighted by molar-refractivity contribution is 0.112. The van der Waals surface area contributed by atoms with E-state index in [1.54, 1.807) is 12.1 Å². The lowest BCUT2D eigenvalue weighted by Gasteiger charge is -2.06. The Morgan fingerprint density at radius 1 is 1.18 bits per heavy atom. The van der Waals surface area contributed by atoms with Crippen LogP contribution in [0.1, 0.15) is 10.4 Å². The summed E-state index contributed by atoms with van der Waals surface area (Å²) in [4.78, 5) is 14.5. The van der Waals surface area contributed by atoms with Gasteiger partial charge in [0.15, 0.2) is 6.29 Å². The quantitative estimate of drug-likeness (QED) is 0.773. The van der Waals surface area contributed by atoms with E-state index in [1.807, 2.05) is 18.2 Å². The van der Waals surface area contributed by atoms with Crippen molar-refractivity contribution in [3.05, 3.63) is 51.0 Å². The van der Waals surface area contributed by atoms with Crippen LogP contribution < -0.4 is 4.74 Å². The van der Waals surface area contributed by atoms with Crippen molar-refractivity contribution in [1.29, 1.82) is 0 Å². The minimum absolute atomic E-state index is 0.443. The van der Waals surface area contributed by atoms with Crippen molar-refractivity contribution in [3.63, 3.8) is 0 Å². The van der Waals surface area contributed by atoms with Crippen LogP contribution in [0.2, 0.25) is 0 Å². The van der Waals surface area contributed by atoms with Crippen molar-refractivity contribution in [2.24, 2.45) is 0 Å². The van der Waals surface area contributed by atoms with Crippen molar-refractivity contribution in [2.75, 3.05) is 0 Å². The van der Waals surface area contributed by atoms with Gasteiger partial charge in [0.05, 0.1) is 4.47 Å². The Morgan fingerprint density at radius 2 is 2.00 bits per heavy atom. The molecular formula is C12H7Br2NO2. The van der Waals surface area contributed by atoms with Crippen molar-refractivity contribution < 1.29 is 9.53 Å². The van der Waals surface area contributed by atoms with Gasteiger partial charge in [0.2, 0.25) is 5.88 Å².